The second kappa shape index (κ2) is 7.53. The Morgan fingerprint density at radius 2 is 1.91 bits per heavy atom. The van der Waals surface area contributed by atoms with Gasteiger partial charge in [-0.05, 0) is 30.3 Å². The summed E-state index contributed by atoms with van der Waals surface area (Å²) in [7, 11) is 0. The van der Waals surface area contributed by atoms with Crippen LogP contribution in [0.5, 0.6) is 0 Å². The zero-order valence-corrected chi connectivity index (χ0v) is 17.1. The number of rotatable bonds is 2. The van der Waals surface area contributed by atoms with Crippen LogP contribution in [-0.2, 0) is 0 Å². The predicted octanol–water partition coefficient (Wildman–Crippen LogP) is 0.685. The molecule has 0 spiro atoms. The van der Waals surface area contributed by atoms with Gasteiger partial charge in [0, 0.05) is 26.0 Å². The van der Waals surface area contributed by atoms with Gasteiger partial charge in [-0.3, -0.25) is 0 Å². The van der Waals surface area contributed by atoms with Crippen LogP contribution in [0, 0.1) is 0 Å². The minimum atomic E-state index is -1.23. The third-order valence-electron chi connectivity index (χ3n) is 3.11. The van der Waals surface area contributed by atoms with Crippen LogP contribution < -0.4 is 56.5 Å². The third-order valence-corrected chi connectivity index (χ3v) is 3.84. The number of nitrogens with zero attached hydrogens (tertiary/aromatic N) is 1. The SMILES string of the molecule is O=C([O-])c1cc(-c2cccc(Cl)c2)nc2cc(Br)ccc12.[K+]. The molecule has 0 aliphatic rings. The van der Waals surface area contributed by atoms with Crippen LogP contribution >= 0.6 is 27.5 Å². The molecular weight excluding hydrogens is 393 g/mol. The van der Waals surface area contributed by atoms with E-state index in [4.69, 9.17) is 11.6 Å². The fraction of sp³-hybridized carbons (Fsp3) is 0. The number of aromatic nitrogens is 1. The van der Waals surface area contributed by atoms with Gasteiger partial charge in [0.15, 0.2) is 0 Å². The molecule has 0 saturated heterocycles. The summed E-state index contributed by atoms with van der Waals surface area (Å²) < 4.78 is 0.829. The van der Waals surface area contributed by atoms with Crippen molar-refractivity contribution in [3.8, 4) is 11.3 Å². The van der Waals surface area contributed by atoms with Crippen molar-refractivity contribution in [1.82, 2.24) is 4.98 Å². The van der Waals surface area contributed by atoms with Gasteiger partial charge in [0.1, 0.15) is 0 Å². The minimum Gasteiger partial charge on any atom is -0.545 e. The molecule has 6 heteroatoms. The quantitative estimate of drug-likeness (QED) is 0.595. The van der Waals surface area contributed by atoms with Crippen molar-refractivity contribution in [3.05, 3.63) is 63.6 Å². The first-order chi connectivity index (χ1) is 10.0. The molecule has 1 heterocycles. The fourth-order valence-electron chi connectivity index (χ4n) is 2.17. The molecule has 0 unspecified atom stereocenters. The van der Waals surface area contributed by atoms with E-state index in [0.717, 1.165) is 10.0 Å². The third kappa shape index (κ3) is 3.79. The summed E-state index contributed by atoms with van der Waals surface area (Å²) in [5.41, 5.74) is 2.00. The van der Waals surface area contributed by atoms with E-state index in [1.54, 1.807) is 36.4 Å². The Kier molecular flexibility index (Phi) is 6.19. The number of halogens is 2. The van der Waals surface area contributed by atoms with E-state index in [1.807, 2.05) is 6.07 Å². The van der Waals surface area contributed by atoms with Crippen molar-refractivity contribution in [2.24, 2.45) is 0 Å². The number of carboxylic acids is 1. The zero-order valence-electron chi connectivity index (χ0n) is 11.6. The smallest absolute Gasteiger partial charge is 0.545 e. The van der Waals surface area contributed by atoms with Crippen molar-refractivity contribution in [2.75, 3.05) is 0 Å². The van der Waals surface area contributed by atoms with Gasteiger partial charge in [-0.1, -0.05) is 45.7 Å². The van der Waals surface area contributed by atoms with Gasteiger partial charge in [0.25, 0.3) is 0 Å². The van der Waals surface area contributed by atoms with Crippen LogP contribution in [0.3, 0.4) is 0 Å². The van der Waals surface area contributed by atoms with Gasteiger partial charge in [0.05, 0.1) is 17.2 Å². The summed E-state index contributed by atoms with van der Waals surface area (Å²) in [6, 6.07) is 13.9. The molecule has 0 aliphatic heterocycles. The second-order valence-corrected chi connectivity index (χ2v) is 5.87. The van der Waals surface area contributed by atoms with Crippen LogP contribution in [0.2, 0.25) is 5.02 Å². The average Bonchev–Trinajstić information content (AvgIpc) is 2.45. The predicted molar refractivity (Wildman–Crippen MR) is 84.2 cm³/mol. The summed E-state index contributed by atoms with van der Waals surface area (Å²) in [4.78, 5) is 15.9. The second-order valence-electron chi connectivity index (χ2n) is 4.51. The normalized spacial score (nSPS) is 10.3. The summed E-state index contributed by atoms with van der Waals surface area (Å²) in [6.45, 7) is 0. The van der Waals surface area contributed by atoms with Gasteiger partial charge in [-0.15, -0.1) is 0 Å². The average molecular weight is 401 g/mol. The molecule has 0 fully saturated rings. The first-order valence-corrected chi connectivity index (χ1v) is 7.29. The maximum Gasteiger partial charge on any atom is 1.00 e. The maximum absolute atomic E-state index is 11.4. The van der Waals surface area contributed by atoms with Gasteiger partial charge < -0.3 is 9.90 Å². The molecule has 3 rings (SSSR count). The Balaban J connectivity index is 0.00000176. The Hall–Kier alpha value is -0.274. The van der Waals surface area contributed by atoms with Gasteiger partial charge in [-0.25, -0.2) is 4.98 Å². The van der Waals surface area contributed by atoms with E-state index in [9.17, 15) is 9.90 Å². The molecule has 3 nitrogen and oxygen atoms in total. The Labute approximate surface area is 183 Å². The van der Waals surface area contributed by atoms with E-state index < -0.39 is 5.97 Å². The molecule has 0 atom stereocenters. The maximum atomic E-state index is 11.4. The number of carboxylic acid groups (broad SMARTS) is 1. The molecule has 3 aromatic rings. The van der Waals surface area contributed by atoms with Crippen molar-refractivity contribution < 1.29 is 61.3 Å². The molecule has 0 saturated carbocycles. The van der Waals surface area contributed by atoms with Crippen LogP contribution in [0.4, 0.5) is 0 Å². The van der Waals surface area contributed by atoms with Crippen molar-refractivity contribution in [3.63, 3.8) is 0 Å². The molecule has 0 aliphatic carbocycles. The Bertz CT molecular complexity index is 870. The molecular formula is C16H8BrClKNO2. The number of hydrogen-bond donors (Lipinski definition) is 0. The van der Waals surface area contributed by atoms with E-state index >= 15 is 0 Å². The number of carbonyl (C=O) groups excluding carboxylic acids is 1. The van der Waals surface area contributed by atoms with Gasteiger partial charge in [-0.2, -0.15) is 0 Å². The summed E-state index contributed by atoms with van der Waals surface area (Å²) in [5.74, 6) is -1.23. The monoisotopic (exact) mass is 399 g/mol. The number of carbonyl (C=O) groups is 1. The van der Waals surface area contributed by atoms with Crippen LogP contribution in [0.15, 0.2) is 53.0 Å². The molecule has 104 valence electrons. The molecule has 0 radical (unpaired) electrons. The summed E-state index contributed by atoms with van der Waals surface area (Å²) in [6.07, 6.45) is 0. The van der Waals surface area contributed by atoms with Crippen molar-refractivity contribution in [2.45, 2.75) is 0 Å². The van der Waals surface area contributed by atoms with Gasteiger partial charge in [0.2, 0.25) is 0 Å². The van der Waals surface area contributed by atoms with E-state index in [0.29, 0.717) is 21.6 Å². The number of hydrogen-bond acceptors (Lipinski definition) is 3. The summed E-state index contributed by atoms with van der Waals surface area (Å²) in [5, 5.41) is 12.5. The van der Waals surface area contributed by atoms with Crippen molar-refractivity contribution in [1.29, 1.82) is 0 Å². The standard InChI is InChI=1S/C16H9BrClNO2.K/c17-10-4-5-12-13(16(20)21)8-14(19-15(12)7-10)9-2-1-3-11(18)6-9;/h1-8H,(H,20,21);/q;+1/p-1. The topological polar surface area (TPSA) is 53.0 Å². The first kappa shape index (κ1) is 18.1. The van der Waals surface area contributed by atoms with Gasteiger partial charge >= 0.3 is 51.4 Å². The molecule has 0 amide bonds. The fourth-order valence-corrected chi connectivity index (χ4v) is 2.71. The number of fused-ring (bicyclic) bond motifs is 1. The number of benzene rings is 2. The minimum absolute atomic E-state index is 0. The van der Waals surface area contributed by atoms with Crippen molar-refractivity contribution >= 4 is 44.4 Å². The van der Waals surface area contributed by atoms with E-state index in [1.165, 1.54) is 6.07 Å². The number of pyridine rings is 1. The Morgan fingerprint density at radius 3 is 2.59 bits per heavy atom. The molecule has 22 heavy (non-hydrogen) atoms. The molecule has 0 N–H and O–H groups in total. The van der Waals surface area contributed by atoms with E-state index in [2.05, 4.69) is 20.9 Å². The van der Waals surface area contributed by atoms with E-state index in [-0.39, 0.29) is 56.9 Å². The van der Waals surface area contributed by atoms with Crippen LogP contribution in [-0.4, -0.2) is 11.0 Å². The molecule has 0 bridgehead atoms. The van der Waals surface area contributed by atoms with Crippen LogP contribution in [0.25, 0.3) is 22.2 Å². The molecule has 2 aromatic carbocycles. The largest absolute Gasteiger partial charge is 1.00 e. The van der Waals surface area contributed by atoms with Crippen LogP contribution in [0.1, 0.15) is 10.4 Å². The first-order valence-electron chi connectivity index (χ1n) is 6.12. The number of aromatic carboxylic acids is 1. The zero-order chi connectivity index (χ0) is 15.0. The summed E-state index contributed by atoms with van der Waals surface area (Å²) >= 11 is 9.34. The Morgan fingerprint density at radius 1 is 1.14 bits per heavy atom. The molecule has 1 aromatic heterocycles.